The van der Waals surface area contributed by atoms with E-state index in [9.17, 15) is 4.79 Å². The Balaban J connectivity index is 1.64. The molecule has 1 aliphatic carbocycles. The first-order valence-electron chi connectivity index (χ1n) is 8.50. The Hall–Kier alpha value is -1.59. The molecule has 3 rings (SSSR count). The summed E-state index contributed by atoms with van der Waals surface area (Å²) >= 11 is 0. The van der Waals surface area contributed by atoms with Gasteiger partial charge in [0.2, 0.25) is 0 Å². The minimum absolute atomic E-state index is 0.0178. The van der Waals surface area contributed by atoms with Gasteiger partial charge in [-0.1, -0.05) is 18.2 Å². The zero-order valence-corrected chi connectivity index (χ0v) is 13.8. The average molecular weight is 318 g/mol. The number of carbonyl (C=O) groups excluding carboxylic acids is 1. The minimum Gasteiger partial charge on any atom is -0.384 e. The molecule has 1 saturated heterocycles. The molecule has 1 saturated carbocycles. The number of benzene rings is 1. The van der Waals surface area contributed by atoms with Crippen LogP contribution in [0.4, 0.5) is 10.5 Å². The molecule has 1 heterocycles. The Morgan fingerprint density at radius 3 is 2.87 bits per heavy atom. The van der Waals surface area contributed by atoms with Crippen LogP contribution in [-0.2, 0) is 15.9 Å². The number of rotatable bonds is 7. The third-order valence-electron chi connectivity index (χ3n) is 4.56. The maximum absolute atomic E-state index is 12.8. The normalized spacial score (nSPS) is 20.5. The highest BCUT2D eigenvalue weighted by Crippen LogP contribution is 2.30. The lowest BCUT2D eigenvalue weighted by molar-refractivity contribution is 0.167. The summed E-state index contributed by atoms with van der Waals surface area (Å²) in [4.78, 5) is 14.8. The van der Waals surface area contributed by atoms with E-state index in [0.717, 1.165) is 56.7 Å². The molecule has 2 amide bonds. The topological polar surface area (TPSA) is 50.8 Å². The number of carbonyl (C=O) groups is 1. The van der Waals surface area contributed by atoms with Crippen molar-refractivity contribution in [2.45, 2.75) is 31.7 Å². The van der Waals surface area contributed by atoms with Crippen molar-refractivity contribution in [2.75, 3.05) is 38.8 Å². The molecule has 0 radical (unpaired) electrons. The van der Waals surface area contributed by atoms with Crippen molar-refractivity contribution in [1.29, 1.82) is 0 Å². The number of hydrogen-bond acceptors (Lipinski definition) is 3. The lowest BCUT2D eigenvalue weighted by atomic mass is 10.1. The lowest BCUT2D eigenvalue weighted by Gasteiger charge is -2.26. The van der Waals surface area contributed by atoms with Gasteiger partial charge in [-0.05, 0) is 37.3 Å². The van der Waals surface area contributed by atoms with Crippen molar-refractivity contribution in [3.8, 4) is 0 Å². The van der Waals surface area contributed by atoms with Crippen LogP contribution in [0.2, 0.25) is 0 Å². The third-order valence-corrected chi connectivity index (χ3v) is 4.56. The fraction of sp³-hybridized carbons (Fsp3) is 0.611. The number of anilines is 1. The van der Waals surface area contributed by atoms with Crippen LogP contribution in [0.25, 0.3) is 0 Å². The number of nitrogens with zero attached hydrogens (tertiary/aromatic N) is 1. The van der Waals surface area contributed by atoms with Gasteiger partial charge in [0.15, 0.2) is 0 Å². The van der Waals surface area contributed by atoms with E-state index in [1.54, 1.807) is 7.11 Å². The maximum Gasteiger partial charge on any atom is 0.322 e. The van der Waals surface area contributed by atoms with Crippen molar-refractivity contribution in [2.24, 2.45) is 5.92 Å². The number of amides is 2. The van der Waals surface area contributed by atoms with E-state index in [-0.39, 0.29) is 6.03 Å². The van der Waals surface area contributed by atoms with Gasteiger partial charge in [0.1, 0.15) is 0 Å². The standard InChI is InChI=1S/C18H26N2O3/c1-22-10-9-15-4-2-3-5-17(15)19-18(21)20(16-6-7-16)12-14-8-11-23-13-14/h2-5,14,16H,6-13H2,1H3,(H,19,21). The molecule has 126 valence electrons. The van der Waals surface area contributed by atoms with Crippen molar-refractivity contribution >= 4 is 11.7 Å². The van der Waals surface area contributed by atoms with E-state index in [0.29, 0.717) is 18.6 Å². The van der Waals surface area contributed by atoms with E-state index in [2.05, 4.69) is 5.32 Å². The van der Waals surface area contributed by atoms with Gasteiger partial charge >= 0.3 is 6.03 Å². The van der Waals surface area contributed by atoms with Crippen LogP contribution in [0.1, 0.15) is 24.8 Å². The molecule has 1 aromatic rings. The van der Waals surface area contributed by atoms with Crippen molar-refractivity contribution in [1.82, 2.24) is 4.90 Å². The van der Waals surface area contributed by atoms with Crippen molar-refractivity contribution < 1.29 is 14.3 Å². The highest BCUT2D eigenvalue weighted by Gasteiger charge is 2.35. The van der Waals surface area contributed by atoms with Gasteiger partial charge in [-0.3, -0.25) is 0 Å². The fourth-order valence-electron chi connectivity index (χ4n) is 3.05. The van der Waals surface area contributed by atoms with Crippen LogP contribution in [-0.4, -0.2) is 50.4 Å². The molecule has 0 aromatic heterocycles. The summed E-state index contributed by atoms with van der Waals surface area (Å²) in [6.45, 7) is 3.06. The second-order valence-corrected chi connectivity index (χ2v) is 6.44. The monoisotopic (exact) mass is 318 g/mol. The number of methoxy groups -OCH3 is 1. The summed E-state index contributed by atoms with van der Waals surface area (Å²) in [7, 11) is 1.69. The second kappa shape index (κ2) is 7.79. The fourth-order valence-corrected chi connectivity index (χ4v) is 3.05. The summed E-state index contributed by atoms with van der Waals surface area (Å²) < 4.78 is 10.6. The molecule has 1 unspecified atom stereocenters. The van der Waals surface area contributed by atoms with Crippen LogP contribution in [0, 0.1) is 5.92 Å². The van der Waals surface area contributed by atoms with Crippen LogP contribution in [0.5, 0.6) is 0 Å². The molecule has 1 N–H and O–H groups in total. The molecule has 1 atom stereocenters. The minimum atomic E-state index is 0.0178. The quantitative estimate of drug-likeness (QED) is 0.841. The molecule has 0 spiro atoms. The van der Waals surface area contributed by atoms with E-state index < -0.39 is 0 Å². The van der Waals surface area contributed by atoms with Crippen LogP contribution in [0.3, 0.4) is 0 Å². The highest BCUT2D eigenvalue weighted by molar-refractivity contribution is 5.90. The molecule has 2 fully saturated rings. The van der Waals surface area contributed by atoms with Crippen LogP contribution < -0.4 is 5.32 Å². The Kier molecular flexibility index (Phi) is 5.51. The van der Waals surface area contributed by atoms with Gasteiger partial charge in [-0.25, -0.2) is 4.79 Å². The highest BCUT2D eigenvalue weighted by atomic mass is 16.5. The van der Waals surface area contributed by atoms with Crippen molar-refractivity contribution in [3.05, 3.63) is 29.8 Å². The molecule has 23 heavy (non-hydrogen) atoms. The van der Waals surface area contributed by atoms with Crippen LogP contribution in [0.15, 0.2) is 24.3 Å². The summed E-state index contributed by atoms with van der Waals surface area (Å²) in [5, 5.41) is 3.11. The zero-order chi connectivity index (χ0) is 16.1. The molecule has 5 heteroatoms. The number of para-hydroxylation sites is 1. The van der Waals surface area contributed by atoms with E-state index >= 15 is 0 Å². The van der Waals surface area contributed by atoms with Gasteiger partial charge in [-0.15, -0.1) is 0 Å². The second-order valence-electron chi connectivity index (χ2n) is 6.44. The number of nitrogens with one attached hydrogen (secondary N) is 1. The summed E-state index contributed by atoms with van der Waals surface area (Å²) in [5.74, 6) is 0.477. The Bertz CT molecular complexity index is 525. The summed E-state index contributed by atoms with van der Waals surface area (Å²) in [5.41, 5.74) is 2.01. The van der Waals surface area contributed by atoms with E-state index in [1.807, 2.05) is 29.2 Å². The first kappa shape index (κ1) is 16.3. The summed E-state index contributed by atoms with van der Waals surface area (Å²) in [6.07, 6.45) is 4.09. The SMILES string of the molecule is COCCc1ccccc1NC(=O)N(CC1CCOC1)C1CC1. The molecular formula is C18H26N2O3. The number of ether oxygens (including phenoxy) is 2. The molecule has 1 aliphatic heterocycles. The van der Waals surface area contributed by atoms with Gasteiger partial charge in [0.25, 0.3) is 0 Å². The van der Waals surface area contributed by atoms with Crippen LogP contribution >= 0.6 is 0 Å². The van der Waals surface area contributed by atoms with Gasteiger partial charge < -0.3 is 19.7 Å². The first-order valence-corrected chi connectivity index (χ1v) is 8.50. The predicted molar refractivity (Wildman–Crippen MR) is 89.7 cm³/mol. The Labute approximate surface area is 137 Å². The smallest absolute Gasteiger partial charge is 0.322 e. The molecule has 5 nitrogen and oxygen atoms in total. The lowest BCUT2D eigenvalue weighted by Crippen LogP contribution is -2.40. The average Bonchev–Trinajstić information content (AvgIpc) is 3.27. The van der Waals surface area contributed by atoms with Crippen molar-refractivity contribution in [3.63, 3.8) is 0 Å². The molecule has 1 aromatic carbocycles. The zero-order valence-electron chi connectivity index (χ0n) is 13.8. The Morgan fingerprint density at radius 1 is 1.35 bits per heavy atom. The largest absolute Gasteiger partial charge is 0.384 e. The Morgan fingerprint density at radius 2 is 2.17 bits per heavy atom. The predicted octanol–water partition coefficient (Wildman–Crippen LogP) is 2.91. The third kappa shape index (κ3) is 4.45. The van der Waals surface area contributed by atoms with Gasteiger partial charge in [0, 0.05) is 37.9 Å². The van der Waals surface area contributed by atoms with Gasteiger partial charge in [0.05, 0.1) is 13.2 Å². The molecular weight excluding hydrogens is 292 g/mol. The molecule has 2 aliphatic rings. The van der Waals surface area contributed by atoms with E-state index in [4.69, 9.17) is 9.47 Å². The van der Waals surface area contributed by atoms with E-state index in [1.165, 1.54) is 0 Å². The summed E-state index contributed by atoms with van der Waals surface area (Å²) in [6, 6.07) is 8.38. The number of hydrogen-bond donors (Lipinski definition) is 1. The number of urea groups is 1. The van der Waals surface area contributed by atoms with Gasteiger partial charge in [-0.2, -0.15) is 0 Å². The maximum atomic E-state index is 12.8. The first-order chi connectivity index (χ1) is 11.3. The molecule has 0 bridgehead atoms.